The Kier molecular flexibility index (Phi) is 57.6. The molecule has 0 spiro atoms. The first-order valence-corrected chi connectivity index (χ1v) is 34.5. The van der Waals surface area contributed by atoms with Crippen molar-refractivity contribution in [3.63, 3.8) is 0 Å². The van der Waals surface area contributed by atoms with Crippen molar-refractivity contribution in [3.8, 4) is 0 Å². The summed E-state index contributed by atoms with van der Waals surface area (Å²) >= 11 is 0. The van der Waals surface area contributed by atoms with Gasteiger partial charge in [0.1, 0.15) is 24.4 Å². The van der Waals surface area contributed by atoms with Crippen molar-refractivity contribution < 1.29 is 39.8 Å². The Bertz CT molecular complexity index is 1620. The lowest BCUT2D eigenvalue weighted by Gasteiger charge is -2.40. The molecule has 474 valence electrons. The molecule has 7 unspecified atom stereocenters. The lowest BCUT2D eigenvalue weighted by Crippen LogP contribution is -2.60. The zero-order chi connectivity index (χ0) is 59.3. The van der Waals surface area contributed by atoms with Crippen LogP contribution in [0.2, 0.25) is 0 Å². The Balaban J connectivity index is 2.07. The summed E-state index contributed by atoms with van der Waals surface area (Å²) in [5.74, 6) is -0.188. The maximum atomic E-state index is 13.1. The van der Waals surface area contributed by atoms with E-state index in [-0.39, 0.29) is 12.5 Å². The van der Waals surface area contributed by atoms with E-state index in [1.807, 2.05) is 6.08 Å². The first kappa shape index (κ1) is 77.1. The Labute approximate surface area is 504 Å². The van der Waals surface area contributed by atoms with E-state index in [0.717, 1.165) is 77.0 Å². The fraction of sp³-hybridized carbons (Fsp3) is 0.767. The maximum absolute atomic E-state index is 13.1. The van der Waals surface area contributed by atoms with E-state index >= 15 is 0 Å². The van der Waals surface area contributed by atoms with Gasteiger partial charge in [-0.1, -0.05) is 304 Å². The standard InChI is InChI=1S/C73H129NO8/c1-3-5-7-9-11-13-15-17-19-21-23-24-25-26-27-28-29-30-31-32-33-34-35-36-37-38-39-40-41-42-43-44-45-47-49-51-53-55-57-59-61-63-69(77)74-66(65-81-73-72(80)71(79)70(78)68(64-75)82-73)67(76)62-60-58-56-54-52-50-48-46-22-20-18-16-14-12-10-8-6-4-2/h5,7,11,13,17,19,22-24,26-27,46,52,54,60,62,66-68,70-73,75-76,78-80H,3-4,6,8-10,12,14-16,18,20-21,25,28-45,47-51,53,55-59,61,63-65H2,1-2H3,(H,74,77)/b7-5-,13-11-,19-17-,24-23-,27-26-,46-22+,54-52+,62-60+. The van der Waals surface area contributed by atoms with Crippen molar-refractivity contribution in [2.75, 3.05) is 13.2 Å². The van der Waals surface area contributed by atoms with E-state index in [4.69, 9.17) is 9.47 Å². The second kappa shape index (κ2) is 61.2. The van der Waals surface area contributed by atoms with Gasteiger partial charge in [0.2, 0.25) is 5.91 Å². The lowest BCUT2D eigenvalue weighted by atomic mass is 9.99. The molecule has 1 fully saturated rings. The van der Waals surface area contributed by atoms with Crippen LogP contribution in [0.25, 0.3) is 0 Å². The van der Waals surface area contributed by atoms with Crippen LogP contribution in [-0.4, -0.2) is 87.5 Å². The summed E-state index contributed by atoms with van der Waals surface area (Å²) in [7, 11) is 0. The fourth-order valence-corrected chi connectivity index (χ4v) is 10.5. The van der Waals surface area contributed by atoms with Gasteiger partial charge in [-0.3, -0.25) is 4.79 Å². The van der Waals surface area contributed by atoms with Crippen LogP contribution < -0.4 is 5.32 Å². The summed E-state index contributed by atoms with van der Waals surface area (Å²) in [5, 5.41) is 54.6. The van der Waals surface area contributed by atoms with Crippen LogP contribution in [0, 0.1) is 0 Å². The molecule has 0 aromatic heterocycles. The normalized spacial score (nSPS) is 18.9. The number of carbonyl (C=O) groups is 1. The highest BCUT2D eigenvalue weighted by Crippen LogP contribution is 2.23. The van der Waals surface area contributed by atoms with Crippen LogP contribution in [0.1, 0.15) is 303 Å². The zero-order valence-electron chi connectivity index (χ0n) is 53.0. The van der Waals surface area contributed by atoms with Crippen LogP contribution in [0.15, 0.2) is 97.2 Å². The Morgan fingerprint density at radius 3 is 1.17 bits per heavy atom. The SMILES string of the molecule is CC/C=C\C/C=C\C/C=C\C/C=C\C/C=C\CCCCCCCCCCCCCCCCCCCCCCCCCCCC(=O)NC(COC1OC(CO)C(O)C(O)C1O)C(O)/C=C/CC/C=C/CC/C=C/CCCCCCCCCC. The smallest absolute Gasteiger partial charge is 0.220 e. The third-order valence-electron chi connectivity index (χ3n) is 15.9. The van der Waals surface area contributed by atoms with Crippen molar-refractivity contribution in [2.45, 2.75) is 346 Å². The minimum atomic E-state index is -1.58. The molecule has 1 heterocycles. The van der Waals surface area contributed by atoms with Gasteiger partial charge in [-0.2, -0.15) is 0 Å². The number of aliphatic hydroxyl groups excluding tert-OH is 5. The summed E-state index contributed by atoms with van der Waals surface area (Å²) in [6.07, 6.45) is 82.4. The highest BCUT2D eigenvalue weighted by Gasteiger charge is 2.44. The Morgan fingerprint density at radius 2 is 0.768 bits per heavy atom. The van der Waals surface area contributed by atoms with Gasteiger partial charge in [0.25, 0.3) is 0 Å². The Morgan fingerprint density at radius 1 is 0.427 bits per heavy atom. The van der Waals surface area contributed by atoms with Gasteiger partial charge in [-0.05, 0) is 89.9 Å². The Hall–Kier alpha value is -2.89. The third kappa shape index (κ3) is 49.4. The average Bonchev–Trinajstić information content (AvgIpc) is 3.57. The van der Waals surface area contributed by atoms with E-state index in [9.17, 15) is 30.3 Å². The van der Waals surface area contributed by atoms with Crippen molar-refractivity contribution in [1.82, 2.24) is 5.32 Å². The molecule has 1 aliphatic heterocycles. The van der Waals surface area contributed by atoms with E-state index in [1.165, 1.54) is 205 Å². The average molecular weight is 1150 g/mol. The summed E-state index contributed by atoms with van der Waals surface area (Å²) < 4.78 is 11.3. The molecule has 1 saturated heterocycles. The number of rotatable bonds is 59. The monoisotopic (exact) mass is 1150 g/mol. The summed E-state index contributed by atoms with van der Waals surface area (Å²) in [6.45, 7) is 3.66. The largest absolute Gasteiger partial charge is 0.394 e. The van der Waals surface area contributed by atoms with E-state index < -0.39 is 49.5 Å². The molecule has 0 bridgehead atoms. The number of allylic oxidation sites excluding steroid dienone is 15. The van der Waals surface area contributed by atoms with Gasteiger partial charge in [0, 0.05) is 6.42 Å². The predicted molar refractivity (Wildman–Crippen MR) is 350 cm³/mol. The van der Waals surface area contributed by atoms with E-state index in [2.05, 4.69) is 104 Å². The van der Waals surface area contributed by atoms with Gasteiger partial charge in [0.15, 0.2) is 6.29 Å². The van der Waals surface area contributed by atoms with Crippen LogP contribution in [0.4, 0.5) is 0 Å². The number of carbonyl (C=O) groups excluding carboxylic acids is 1. The molecule has 9 nitrogen and oxygen atoms in total. The van der Waals surface area contributed by atoms with Crippen molar-refractivity contribution >= 4 is 5.91 Å². The quantitative estimate of drug-likeness (QED) is 0.0261. The minimum absolute atomic E-state index is 0.188. The number of unbranched alkanes of at least 4 members (excludes halogenated alkanes) is 35. The van der Waals surface area contributed by atoms with Gasteiger partial charge in [0.05, 0.1) is 25.4 Å². The molecule has 1 amide bonds. The molecule has 0 saturated carbocycles. The van der Waals surface area contributed by atoms with Gasteiger partial charge in [-0.15, -0.1) is 0 Å². The number of ether oxygens (including phenoxy) is 2. The van der Waals surface area contributed by atoms with Gasteiger partial charge in [-0.25, -0.2) is 0 Å². The molecule has 1 rings (SSSR count). The van der Waals surface area contributed by atoms with E-state index in [0.29, 0.717) is 6.42 Å². The molecule has 7 atom stereocenters. The molecular formula is C73H129NO8. The molecular weight excluding hydrogens is 1020 g/mol. The molecule has 6 N–H and O–H groups in total. The molecule has 1 aliphatic rings. The molecule has 9 heteroatoms. The number of amides is 1. The minimum Gasteiger partial charge on any atom is -0.394 e. The summed E-state index contributed by atoms with van der Waals surface area (Å²) in [5.41, 5.74) is 0. The fourth-order valence-electron chi connectivity index (χ4n) is 10.5. The predicted octanol–water partition coefficient (Wildman–Crippen LogP) is 18.7. The first-order chi connectivity index (χ1) is 40.3. The first-order valence-electron chi connectivity index (χ1n) is 34.5. The molecule has 0 radical (unpaired) electrons. The molecule has 0 aromatic rings. The van der Waals surface area contributed by atoms with Gasteiger partial charge >= 0.3 is 0 Å². The zero-order valence-corrected chi connectivity index (χ0v) is 53.0. The van der Waals surface area contributed by atoms with Crippen LogP contribution in [0.5, 0.6) is 0 Å². The van der Waals surface area contributed by atoms with Crippen LogP contribution >= 0.6 is 0 Å². The number of hydrogen-bond donors (Lipinski definition) is 6. The molecule has 82 heavy (non-hydrogen) atoms. The molecule has 0 aliphatic carbocycles. The number of aliphatic hydroxyl groups is 5. The summed E-state index contributed by atoms with van der Waals surface area (Å²) in [6, 6.07) is -0.831. The van der Waals surface area contributed by atoms with Crippen LogP contribution in [-0.2, 0) is 14.3 Å². The highest BCUT2D eigenvalue weighted by atomic mass is 16.7. The van der Waals surface area contributed by atoms with Crippen LogP contribution in [0.3, 0.4) is 0 Å². The van der Waals surface area contributed by atoms with Crippen molar-refractivity contribution in [1.29, 1.82) is 0 Å². The third-order valence-corrected chi connectivity index (χ3v) is 15.9. The summed E-state index contributed by atoms with van der Waals surface area (Å²) in [4.78, 5) is 13.1. The second-order valence-electron chi connectivity index (χ2n) is 23.6. The van der Waals surface area contributed by atoms with Gasteiger partial charge < -0.3 is 40.3 Å². The maximum Gasteiger partial charge on any atom is 0.220 e. The van der Waals surface area contributed by atoms with Crippen molar-refractivity contribution in [2.24, 2.45) is 0 Å². The van der Waals surface area contributed by atoms with Crippen molar-refractivity contribution in [3.05, 3.63) is 97.2 Å². The second-order valence-corrected chi connectivity index (χ2v) is 23.6. The topological polar surface area (TPSA) is 149 Å². The molecule has 0 aromatic carbocycles. The van der Waals surface area contributed by atoms with E-state index in [1.54, 1.807) is 6.08 Å². The highest BCUT2D eigenvalue weighted by molar-refractivity contribution is 5.76. The number of hydrogen-bond acceptors (Lipinski definition) is 8. The number of nitrogens with one attached hydrogen (secondary N) is 1. The lowest BCUT2D eigenvalue weighted by molar-refractivity contribution is -0.302.